The van der Waals surface area contributed by atoms with Crippen molar-refractivity contribution in [3.05, 3.63) is 64.3 Å². The average Bonchev–Trinajstić information content (AvgIpc) is 3.18. The van der Waals surface area contributed by atoms with Crippen LogP contribution in [0.1, 0.15) is 36.7 Å². The van der Waals surface area contributed by atoms with Gasteiger partial charge >= 0.3 is 6.09 Å². The van der Waals surface area contributed by atoms with Crippen LogP contribution in [0.15, 0.2) is 47.5 Å². The molecule has 0 spiro atoms. The lowest BCUT2D eigenvalue weighted by atomic mass is 9.92. The zero-order chi connectivity index (χ0) is 24.2. The van der Waals surface area contributed by atoms with Gasteiger partial charge < -0.3 is 25.9 Å². The van der Waals surface area contributed by atoms with Crippen LogP contribution in [0.5, 0.6) is 5.75 Å². The standard InChI is InChI=1S/C25H30ClN5O3/c1-15(2)14-34-25(32)31-11-9-19-20-13-17(26)5-8-21(20)30-22(19)23(31)16-3-6-18(7-4-16)33-12-10-29-24(27)28/h3-8,13,15,23,30H,9-12,14H2,1-2H3,(H4,27,28,29). The van der Waals surface area contributed by atoms with E-state index in [1.54, 1.807) is 4.90 Å². The number of halogens is 1. The van der Waals surface area contributed by atoms with Crippen LogP contribution < -0.4 is 16.2 Å². The molecule has 1 aliphatic rings. The molecule has 2 heterocycles. The van der Waals surface area contributed by atoms with Crippen molar-refractivity contribution in [1.82, 2.24) is 9.88 Å². The number of aromatic amines is 1. The first-order chi connectivity index (χ1) is 16.3. The molecular formula is C25H30ClN5O3. The first kappa shape index (κ1) is 23.8. The van der Waals surface area contributed by atoms with Gasteiger partial charge in [-0.15, -0.1) is 0 Å². The Bertz CT molecular complexity index is 1190. The summed E-state index contributed by atoms with van der Waals surface area (Å²) in [7, 11) is 0. The number of nitrogens with zero attached hydrogens (tertiary/aromatic N) is 2. The van der Waals surface area contributed by atoms with Gasteiger partial charge in [0.25, 0.3) is 0 Å². The Labute approximate surface area is 203 Å². The summed E-state index contributed by atoms with van der Waals surface area (Å²) in [5.74, 6) is 0.993. The SMILES string of the molecule is CC(C)COC(=O)N1CCc2c([nH]c3ccc(Cl)cc23)C1c1ccc(OCCN=C(N)N)cc1. The van der Waals surface area contributed by atoms with E-state index in [1.165, 1.54) is 5.56 Å². The number of carbonyl (C=O) groups is 1. The topological polar surface area (TPSA) is 119 Å². The molecule has 1 amide bonds. The highest BCUT2D eigenvalue weighted by Crippen LogP contribution is 2.39. The third-order valence-corrected chi connectivity index (χ3v) is 5.95. The molecule has 1 aromatic heterocycles. The molecule has 9 heteroatoms. The second-order valence-electron chi connectivity index (χ2n) is 8.75. The normalized spacial score (nSPS) is 15.3. The summed E-state index contributed by atoms with van der Waals surface area (Å²) in [6.45, 7) is 5.70. The summed E-state index contributed by atoms with van der Waals surface area (Å²) in [6, 6.07) is 13.2. The summed E-state index contributed by atoms with van der Waals surface area (Å²) < 4.78 is 11.3. The largest absolute Gasteiger partial charge is 0.492 e. The van der Waals surface area contributed by atoms with Gasteiger partial charge in [0.15, 0.2) is 5.96 Å². The summed E-state index contributed by atoms with van der Waals surface area (Å²) in [4.78, 5) is 22.3. The van der Waals surface area contributed by atoms with Crippen molar-refractivity contribution in [2.75, 3.05) is 26.3 Å². The van der Waals surface area contributed by atoms with E-state index >= 15 is 0 Å². The van der Waals surface area contributed by atoms with E-state index in [-0.39, 0.29) is 24.0 Å². The summed E-state index contributed by atoms with van der Waals surface area (Å²) in [5, 5.41) is 1.77. The molecule has 8 nitrogen and oxygen atoms in total. The zero-order valence-corrected chi connectivity index (χ0v) is 20.1. The number of carbonyl (C=O) groups excluding carboxylic acids is 1. The number of H-pyrrole nitrogens is 1. The van der Waals surface area contributed by atoms with Gasteiger partial charge in [-0.1, -0.05) is 37.6 Å². The van der Waals surface area contributed by atoms with Crippen molar-refractivity contribution in [2.24, 2.45) is 22.4 Å². The molecule has 0 saturated heterocycles. The summed E-state index contributed by atoms with van der Waals surface area (Å²) in [6.07, 6.45) is 0.396. The molecule has 0 radical (unpaired) electrons. The highest BCUT2D eigenvalue weighted by Gasteiger charge is 2.35. The quantitative estimate of drug-likeness (QED) is 0.264. The van der Waals surface area contributed by atoms with E-state index in [0.29, 0.717) is 37.1 Å². The second-order valence-corrected chi connectivity index (χ2v) is 9.18. The highest BCUT2D eigenvalue weighted by molar-refractivity contribution is 6.31. The van der Waals surface area contributed by atoms with Crippen molar-refractivity contribution in [3.8, 4) is 5.75 Å². The van der Waals surface area contributed by atoms with E-state index in [2.05, 4.69) is 9.98 Å². The zero-order valence-electron chi connectivity index (χ0n) is 19.4. The molecule has 4 rings (SSSR count). The Kier molecular flexibility index (Phi) is 7.17. The third kappa shape index (κ3) is 5.22. The molecule has 1 atom stereocenters. The van der Waals surface area contributed by atoms with Gasteiger partial charge in [0.05, 0.1) is 13.2 Å². The van der Waals surface area contributed by atoms with Gasteiger partial charge in [0.2, 0.25) is 0 Å². The Morgan fingerprint density at radius 3 is 2.71 bits per heavy atom. The maximum absolute atomic E-state index is 13.1. The van der Waals surface area contributed by atoms with Gasteiger partial charge in [0.1, 0.15) is 18.4 Å². The lowest BCUT2D eigenvalue weighted by molar-refractivity contribution is 0.0797. The van der Waals surface area contributed by atoms with Gasteiger partial charge in [0, 0.05) is 28.2 Å². The van der Waals surface area contributed by atoms with E-state index in [0.717, 1.165) is 28.6 Å². The van der Waals surface area contributed by atoms with Crippen molar-refractivity contribution < 1.29 is 14.3 Å². The molecule has 1 unspecified atom stereocenters. The number of rotatable bonds is 7. The number of ether oxygens (including phenoxy) is 2. The van der Waals surface area contributed by atoms with Crippen LogP contribution in [0.2, 0.25) is 5.02 Å². The van der Waals surface area contributed by atoms with E-state index in [4.69, 9.17) is 32.5 Å². The number of nitrogens with two attached hydrogens (primary N) is 2. The fourth-order valence-electron chi connectivity index (χ4n) is 4.21. The van der Waals surface area contributed by atoms with Crippen molar-refractivity contribution in [2.45, 2.75) is 26.3 Å². The molecule has 0 fully saturated rings. The number of guanidine groups is 1. The third-order valence-electron chi connectivity index (χ3n) is 5.71. The molecule has 2 aromatic carbocycles. The number of amides is 1. The van der Waals surface area contributed by atoms with Crippen molar-refractivity contribution in [3.63, 3.8) is 0 Å². The second kappa shape index (κ2) is 10.3. The fourth-order valence-corrected chi connectivity index (χ4v) is 4.38. The lowest BCUT2D eigenvalue weighted by Crippen LogP contribution is -2.41. The van der Waals surface area contributed by atoms with E-state index < -0.39 is 0 Å². The number of hydrogen-bond acceptors (Lipinski definition) is 4. The van der Waals surface area contributed by atoms with Crippen LogP contribution in [-0.4, -0.2) is 48.2 Å². The molecule has 0 bridgehead atoms. The minimum absolute atomic E-state index is 0.0381. The van der Waals surface area contributed by atoms with Crippen molar-refractivity contribution in [1.29, 1.82) is 0 Å². The van der Waals surface area contributed by atoms with Gasteiger partial charge in [-0.2, -0.15) is 0 Å². The Hall–Kier alpha value is -3.39. The summed E-state index contributed by atoms with van der Waals surface area (Å²) in [5.41, 5.74) is 14.8. The Morgan fingerprint density at radius 2 is 2.00 bits per heavy atom. The Morgan fingerprint density at radius 1 is 1.24 bits per heavy atom. The van der Waals surface area contributed by atoms with Gasteiger partial charge in [-0.05, 0) is 53.8 Å². The summed E-state index contributed by atoms with van der Waals surface area (Å²) >= 11 is 6.27. The molecule has 0 aliphatic carbocycles. The van der Waals surface area contributed by atoms with Crippen molar-refractivity contribution >= 4 is 34.6 Å². The van der Waals surface area contributed by atoms with Crippen LogP contribution in [-0.2, 0) is 11.2 Å². The number of benzene rings is 2. The molecule has 180 valence electrons. The number of hydrogen-bond donors (Lipinski definition) is 3. The fraction of sp³-hybridized carbons (Fsp3) is 0.360. The first-order valence-electron chi connectivity index (χ1n) is 11.3. The van der Waals surface area contributed by atoms with E-state index in [1.807, 2.05) is 56.3 Å². The molecule has 34 heavy (non-hydrogen) atoms. The van der Waals surface area contributed by atoms with Crippen LogP contribution in [0, 0.1) is 5.92 Å². The van der Waals surface area contributed by atoms with Crippen LogP contribution >= 0.6 is 11.6 Å². The molecule has 5 N–H and O–H groups in total. The minimum atomic E-state index is -0.321. The minimum Gasteiger partial charge on any atom is -0.492 e. The molecule has 0 saturated carbocycles. The van der Waals surface area contributed by atoms with Crippen LogP contribution in [0.3, 0.4) is 0 Å². The van der Waals surface area contributed by atoms with Gasteiger partial charge in [-0.25, -0.2) is 4.79 Å². The maximum atomic E-state index is 13.1. The first-order valence-corrected chi connectivity index (χ1v) is 11.7. The number of aromatic nitrogens is 1. The van der Waals surface area contributed by atoms with Gasteiger partial charge in [-0.3, -0.25) is 9.89 Å². The van der Waals surface area contributed by atoms with Crippen LogP contribution in [0.25, 0.3) is 10.9 Å². The number of nitrogens with one attached hydrogen (secondary N) is 1. The molecule has 3 aromatic rings. The smallest absolute Gasteiger partial charge is 0.410 e. The molecule has 1 aliphatic heterocycles. The highest BCUT2D eigenvalue weighted by atomic mass is 35.5. The maximum Gasteiger partial charge on any atom is 0.410 e. The van der Waals surface area contributed by atoms with E-state index in [9.17, 15) is 4.79 Å². The number of aliphatic imine (C=N–C) groups is 1. The average molecular weight is 484 g/mol. The monoisotopic (exact) mass is 483 g/mol. The van der Waals surface area contributed by atoms with Crippen LogP contribution in [0.4, 0.5) is 4.79 Å². The number of fused-ring (bicyclic) bond motifs is 3. The predicted molar refractivity (Wildman–Crippen MR) is 134 cm³/mol. The molecular weight excluding hydrogens is 454 g/mol. The Balaban J connectivity index is 1.65. The predicted octanol–water partition coefficient (Wildman–Crippen LogP) is 4.21. The lowest BCUT2D eigenvalue weighted by Gasteiger charge is -2.35.